The molecule has 1 aromatic rings. The molecular formula is C18H26O6. The van der Waals surface area contributed by atoms with Crippen LogP contribution in [-0.4, -0.2) is 31.3 Å². The molecule has 134 valence electrons. The van der Waals surface area contributed by atoms with Crippen LogP contribution in [0.1, 0.15) is 52.7 Å². The summed E-state index contributed by atoms with van der Waals surface area (Å²) in [5.74, 6) is 0.327. The van der Waals surface area contributed by atoms with Crippen molar-refractivity contribution in [3.8, 4) is 11.5 Å². The van der Waals surface area contributed by atoms with Crippen LogP contribution in [0.15, 0.2) is 18.2 Å². The highest BCUT2D eigenvalue weighted by Crippen LogP contribution is 2.32. The molecule has 6 nitrogen and oxygen atoms in total. The highest BCUT2D eigenvalue weighted by Gasteiger charge is 2.23. The van der Waals surface area contributed by atoms with Gasteiger partial charge in [-0.25, -0.2) is 0 Å². The van der Waals surface area contributed by atoms with E-state index in [4.69, 9.17) is 18.9 Å². The lowest BCUT2D eigenvalue weighted by Crippen LogP contribution is -2.31. The third-order valence-electron chi connectivity index (χ3n) is 3.56. The van der Waals surface area contributed by atoms with Gasteiger partial charge < -0.3 is 18.9 Å². The van der Waals surface area contributed by atoms with Crippen LogP contribution >= 0.6 is 0 Å². The maximum absolute atomic E-state index is 11.2. The number of esters is 2. The van der Waals surface area contributed by atoms with Gasteiger partial charge in [-0.1, -0.05) is 6.92 Å². The SMILES string of the molecule is CCC(OC(C)=O)[C@H](C)O[C@H](C)c1cc(OC(C)=O)ccc1OC. The van der Waals surface area contributed by atoms with E-state index >= 15 is 0 Å². The predicted octanol–water partition coefficient (Wildman–Crippen LogP) is 3.43. The lowest BCUT2D eigenvalue weighted by molar-refractivity contribution is -0.157. The fourth-order valence-electron chi connectivity index (χ4n) is 2.47. The molecule has 0 aliphatic heterocycles. The zero-order valence-corrected chi connectivity index (χ0v) is 15.1. The zero-order chi connectivity index (χ0) is 18.3. The van der Waals surface area contributed by atoms with Crippen molar-refractivity contribution < 1.29 is 28.5 Å². The molecule has 0 aliphatic carbocycles. The fraction of sp³-hybridized carbons (Fsp3) is 0.556. The summed E-state index contributed by atoms with van der Waals surface area (Å²) in [7, 11) is 1.56. The molecule has 6 heteroatoms. The van der Waals surface area contributed by atoms with E-state index in [1.54, 1.807) is 25.3 Å². The van der Waals surface area contributed by atoms with Gasteiger partial charge in [-0.05, 0) is 38.5 Å². The Hall–Kier alpha value is -2.08. The second-order valence-corrected chi connectivity index (χ2v) is 5.54. The Labute approximate surface area is 143 Å². The van der Waals surface area contributed by atoms with Crippen LogP contribution in [0, 0.1) is 0 Å². The smallest absolute Gasteiger partial charge is 0.308 e. The van der Waals surface area contributed by atoms with E-state index in [2.05, 4.69) is 0 Å². The molecule has 0 saturated carbocycles. The number of methoxy groups -OCH3 is 1. The van der Waals surface area contributed by atoms with Crippen LogP contribution in [0.3, 0.4) is 0 Å². The van der Waals surface area contributed by atoms with Crippen molar-refractivity contribution in [2.45, 2.75) is 59.4 Å². The third-order valence-corrected chi connectivity index (χ3v) is 3.56. The second kappa shape index (κ2) is 9.27. The van der Waals surface area contributed by atoms with Crippen molar-refractivity contribution >= 4 is 11.9 Å². The van der Waals surface area contributed by atoms with Crippen molar-refractivity contribution in [3.63, 3.8) is 0 Å². The monoisotopic (exact) mass is 338 g/mol. The third kappa shape index (κ3) is 5.85. The van der Waals surface area contributed by atoms with E-state index in [0.717, 1.165) is 5.56 Å². The van der Waals surface area contributed by atoms with Gasteiger partial charge in [-0.15, -0.1) is 0 Å². The first-order valence-corrected chi connectivity index (χ1v) is 7.97. The van der Waals surface area contributed by atoms with E-state index in [1.807, 2.05) is 20.8 Å². The maximum atomic E-state index is 11.2. The van der Waals surface area contributed by atoms with Gasteiger partial charge >= 0.3 is 11.9 Å². The number of hydrogen-bond donors (Lipinski definition) is 0. The van der Waals surface area contributed by atoms with Gasteiger partial charge in [0, 0.05) is 19.4 Å². The summed E-state index contributed by atoms with van der Waals surface area (Å²) >= 11 is 0. The molecule has 0 amide bonds. The zero-order valence-electron chi connectivity index (χ0n) is 15.1. The summed E-state index contributed by atoms with van der Waals surface area (Å²) in [5.41, 5.74) is 0.751. The summed E-state index contributed by atoms with van der Waals surface area (Å²) in [4.78, 5) is 22.3. The lowest BCUT2D eigenvalue weighted by Gasteiger charge is -2.27. The fourth-order valence-corrected chi connectivity index (χ4v) is 2.47. The van der Waals surface area contributed by atoms with Crippen LogP contribution in [0.25, 0.3) is 0 Å². The minimum Gasteiger partial charge on any atom is -0.496 e. The molecule has 0 N–H and O–H groups in total. The number of benzene rings is 1. The minimum atomic E-state index is -0.394. The highest BCUT2D eigenvalue weighted by atomic mass is 16.6. The summed E-state index contributed by atoms with van der Waals surface area (Å²) in [6.07, 6.45) is -0.309. The van der Waals surface area contributed by atoms with Crippen molar-refractivity contribution in [3.05, 3.63) is 23.8 Å². The molecule has 0 aliphatic rings. The molecule has 0 radical (unpaired) electrons. The Bertz CT molecular complexity index is 569. The first-order valence-electron chi connectivity index (χ1n) is 7.97. The second-order valence-electron chi connectivity index (χ2n) is 5.54. The maximum Gasteiger partial charge on any atom is 0.308 e. The molecule has 0 heterocycles. The van der Waals surface area contributed by atoms with Gasteiger partial charge in [0.15, 0.2) is 0 Å². The molecule has 0 bridgehead atoms. The van der Waals surface area contributed by atoms with E-state index in [1.165, 1.54) is 13.8 Å². The summed E-state index contributed by atoms with van der Waals surface area (Å²) in [6, 6.07) is 5.10. The van der Waals surface area contributed by atoms with E-state index in [-0.39, 0.29) is 24.3 Å². The highest BCUT2D eigenvalue weighted by molar-refractivity contribution is 5.69. The molecule has 0 aromatic heterocycles. The molecular weight excluding hydrogens is 312 g/mol. The standard InChI is InChI=1S/C18H26O6/c1-7-17(24-14(5)20)12(3)22-11(2)16-10-15(23-13(4)19)8-9-18(16)21-6/h8-12,17H,7H2,1-6H3/t11-,12+,17?/m1/s1. The molecule has 0 spiro atoms. The quantitative estimate of drug-likeness (QED) is 0.534. The Morgan fingerprint density at radius 3 is 2.29 bits per heavy atom. The molecule has 0 saturated heterocycles. The topological polar surface area (TPSA) is 71.1 Å². The number of ether oxygens (including phenoxy) is 4. The van der Waals surface area contributed by atoms with Crippen molar-refractivity contribution in [2.24, 2.45) is 0 Å². The van der Waals surface area contributed by atoms with Crippen LogP contribution in [0.2, 0.25) is 0 Å². The van der Waals surface area contributed by atoms with Crippen LogP contribution in [-0.2, 0) is 19.1 Å². The van der Waals surface area contributed by atoms with Gasteiger partial charge in [-0.3, -0.25) is 9.59 Å². The lowest BCUT2D eigenvalue weighted by atomic mass is 10.1. The van der Waals surface area contributed by atoms with Gasteiger partial charge in [0.1, 0.15) is 17.6 Å². The first-order chi connectivity index (χ1) is 11.3. The number of rotatable bonds is 8. The average molecular weight is 338 g/mol. The van der Waals surface area contributed by atoms with Gasteiger partial charge in [-0.2, -0.15) is 0 Å². The predicted molar refractivity (Wildman–Crippen MR) is 89.1 cm³/mol. The van der Waals surface area contributed by atoms with Gasteiger partial charge in [0.2, 0.25) is 0 Å². The molecule has 24 heavy (non-hydrogen) atoms. The molecule has 3 atom stereocenters. The van der Waals surface area contributed by atoms with Gasteiger partial charge in [0.05, 0.1) is 19.3 Å². The number of carbonyl (C=O) groups excluding carboxylic acids is 2. The van der Waals surface area contributed by atoms with Crippen LogP contribution < -0.4 is 9.47 Å². The number of carbonyl (C=O) groups is 2. The van der Waals surface area contributed by atoms with Gasteiger partial charge in [0.25, 0.3) is 0 Å². The Kier molecular flexibility index (Phi) is 7.71. The molecule has 1 unspecified atom stereocenters. The Morgan fingerprint density at radius 1 is 1.12 bits per heavy atom. The molecule has 1 aromatic carbocycles. The van der Waals surface area contributed by atoms with E-state index < -0.39 is 5.97 Å². The van der Waals surface area contributed by atoms with Crippen molar-refractivity contribution in [1.29, 1.82) is 0 Å². The molecule has 1 rings (SSSR count). The Balaban J connectivity index is 2.93. The first kappa shape index (κ1) is 20.0. The Morgan fingerprint density at radius 2 is 1.79 bits per heavy atom. The van der Waals surface area contributed by atoms with E-state index in [9.17, 15) is 9.59 Å². The van der Waals surface area contributed by atoms with Crippen molar-refractivity contribution in [1.82, 2.24) is 0 Å². The van der Waals surface area contributed by atoms with Crippen molar-refractivity contribution in [2.75, 3.05) is 7.11 Å². The normalized spacial score (nSPS) is 14.4. The van der Waals surface area contributed by atoms with Crippen LogP contribution in [0.4, 0.5) is 0 Å². The molecule has 0 fully saturated rings. The largest absolute Gasteiger partial charge is 0.496 e. The summed E-state index contributed by atoms with van der Waals surface area (Å²) in [5, 5.41) is 0. The average Bonchev–Trinajstić information content (AvgIpc) is 2.51. The minimum absolute atomic E-state index is 0.295. The summed E-state index contributed by atoms with van der Waals surface area (Å²) in [6.45, 7) is 8.38. The van der Waals surface area contributed by atoms with E-state index in [0.29, 0.717) is 17.9 Å². The summed E-state index contributed by atoms with van der Waals surface area (Å²) < 4.78 is 21.7. The number of hydrogen-bond acceptors (Lipinski definition) is 6. The van der Waals surface area contributed by atoms with Crippen LogP contribution in [0.5, 0.6) is 11.5 Å².